The van der Waals surface area contributed by atoms with Crippen LogP contribution in [-0.4, -0.2) is 55.0 Å². The van der Waals surface area contributed by atoms with Gasteiger partial charge in [0.15, 0.2) is 0 Å². The van der Waals surface area contributed by atoms with Crippen molar-refractivity contribution in [2.75, 3.05) is 27.7 Å². The predicted octanol–water partition coefficient (Wildman–Crippen LogP) is 1.35. The Labute approximate surface area is 92.4 Å². The maximum atomic E-state index is 10.7. The van der Waals surface area contributed by atoms with Gasteiger partial charge in [-0.3, -0.25) is 4.79 Å². The van der Waals surface area contributed by atoms with E-state index in [9.17, 15) is 4.79 Å². The molecule has 0 aromatic rings. The fraction of sp³-hybridized carbons (Fsp3) is 0.909. The van der Waals surface area contributed by atoms with E-state index in [-0.39, 0.29) is 18.1 Å². The van der Waals surface area contributed by atoms with Crippen LogP contribution in [0.2, 0.25) is 0 Å². The van der Waals surface area contributed by atoms with Crippen LogP contribution in [0, 0.1) is 0 Å². The molecule has 0 aliphatic heterocycles. The number of carbonyl (C=O) groups is 1. The van der Waals surface area contributed by atoms with Crippen LogP contribution in [0.5, 0.6) is 0 Å². The van der Waals surface area contributed by atoms with E-state index in [1.54, 1.807) is 0 Å². The maximum absolute atomic E-state index is 10.7. The Kier molecular flexibility index (Phi) is 4.74. The molecule has 1 N–H and O–H groups in total. The van der Waals surface area contributed by atoms with Crippen molar-refractivity contribution in [3.8, 4) is 0 Å². The molecular formula is C11H24NO3+. The molecule has 0 saturated carbocycles. The number of carboxylic acids is 1. The van der Waals surface area contributed by atoms with Crippen molar-refractivity contribution in [3.05, 3.63) is 0 Å². The van der Waals surface area contributed by atoms with Crippen LogP contribution in [-0.2, 0) is 9.53 Å². The Balaban J connectivity index is 4.39. The van der Waals surface area contributed by atoms with Gasteiger partial charge in [-0.25, -0.2) is 0 Å². The molecule has 4 heteroatoms. The molecule has 90 valence electrons. The van der Waals surface area contributed by atoms with E-state index in [1.807, 2.05) is 41.9 Å². The topological polar surface area (TPSA) is 46.5 Å². The fourth-order valence-electron chi connectivity index (χ4n) is 1.45. The van der Waals surface area contributed by atoms with Gasteiger partial charge in [0.05, 0.1) is 33.2 Å². The number of likely N-dealkylation sites (N-methyl/N-ethyl adjacent to an activating group) is 1. The molecule has 0 saturated heterocycles. The third kappa shape index (κ3) is 9.69. The normalized spacial score (nSPS) is 15.1. The van der Waals surface area contributed by atoms with Gasteiger partial charge in [0.2, 0.25) is 0 Å². The van der Waals surface area contributed by atoms with Crippen LogP contribution in [0.15, 0.2) is 0 Å². The predicted molar refractivity (Wildman–Crippen MR) is 59.8 cm³/mol. The molecule has 0 spiro atoms. The van der Waals surface area contributed by atoms with Gasteiger partial charge >= 0.3 is 5.97 Å². The molecule has 0 aromatic carbocycles. The highest BCUT2D eigenvalue weighted by atomic mass is 16.5. The average molecular weight is 218 g/mol. The van der Waals surface area contributed by atoms with Crippen molar-refractivity contribution >= 4 is 5.97 Å². The zero-order valence-corrected chi connectivity index (χ0v) is 10.7. The summed E-state index contributed by atoms with van der Waals surface area (Å²) in [4.78, 5) is 10.7. The first-order chi connectivity index (χ1) is 6.49. The van der Waals surface area contributed by atoms with Crippen molar-refractivity contribution in [1.29, 1.82) is 0 Å². The first kappa shape index (κ1) is 14.4. The second-order valence-electron chi connectivity index (χ2n) is 5.92. The summed E-state index contributed by atoms with van der Waals surface area (Å²) in [5, 5.41) is 8.79. The highest BCUT2D eigenvalue weighted by Gasteiger charge is 2.26. The van der Waals surface area contributed by atoms with Crippen LogP contribution in [0.1, 0.15) is 27.2 Å². The van der Waals surface area contributed by atoms with E-state index in [0.717, 1.165) is 0 Å². The number of rotatable bonds is 5. The minimum absolute atomic E-state index is 0.0623. The van der Waals surface area contributed by atoms with Crippen molar-refractivity contribution in [2.24, 2.45) is 0 Å². The SMILES string of the molecule is CC(C)(C)O[C@H](CC(=O)O)C[N+](C)(C)C. The third-order valence-electron chi connectivity index (χ3n) is 1.67. The lowest BCUT2D eigenvalue weighted by molar-refractivity contribution is -0.873. The van der Waals surface area contributed by atoms with Gasteiger partial charge in [0.1, 0.15) is 12.6 Å². The first-order valence-corrected chi connectivity index (χ1v) is 5.20. The van der Waals surface area contributed by atoms with E-state index in [2.05, 4.69) is 0 Å². The van der Waals surface area contributed by atoms with Crippen LogP contribution >= 0.6 is 0 Å². The Bertz CT molecular complexity index is 197. The standard InChI is InChI=1S/C11H23NO3/c1-11(2,3)15-9(7-10(13)14)8-12(4,5)6/h9H,7-8H2,1-6H3/p+1/t9-/m1/s1. The third-order valence-corrected chi connectivity index (χ3v) is 1.67. The largest absolute Gasteiger partial charge is 0.481 e. The smallest absolute Gasteiger partial charge is 0.306 e. The van der Waals surface area contributed by atoms with Crippen LogP contribution in [0.3, 0.4) is 0 Å². The van der Waals surface area contributed by atoms with Gasteiger partial charge in [0.25, 0.3) is 0 Å². The Morgan fingerprint density at radius 2 is 1.80 bits per heavy atom. The highest BCUT2D eigenvalue weighted by molar-refractivity contribution is 5.67. The zero-order chi connectivity index (χ0) is 12.3. The second kappa shape index (κ2) is 4.94. The van der Waals surface area contributed by atoms with Crippen LogP contribution in [0.4, 0.5) is 0 Å². The van der Waals surface area contributed by atoms with Crippen LogP contribution in [0.25, 0.3) is 0 Å². The minimum atomic E-state index is -0.808. The molecule has 0 amide bonds. The van der Waals surface area contributed by atoms with Crippen molar-refractivity contribution in [2.45, 2.75) is 38.9 Å². The number of ether oxygens (including phenoxy) is 1. The molecule has 0 aromatic heterocycles. The molecule has 0 rings (SSSR count). The number of nitrogens with zero attached hydrogens (tertiary/aromatic N) is 1. The number of hydrogen-bond donors (Lipinski definition) is 1. The molecule has 0 aliphatic carbocycles. The molecule has 0 unspecified atom stereocenters. The molecule has 0 bridgehead atoms. The van der Waals surface area contributed by atoms with Gasteiger partial charge in [-0.2, -0.15) is 0 Å². The summed E-state index contributed by atoms with van der Waals surface area (Å²) in [6.45, 7) is 6.52. The van der Waals surface area contributed by atoms with E-state index in [1.165, 1.54) is 0 Å². The zero-order valence-electron chi connectivity index (χ0n) is 10.7. The molecule has 0 aliphatic rings. The van der Waals surface area contributed by atoms with Gasteiger partial charge in [0, 0.05) is 0 Å². The van der Waals surface area contributed by atoms with Crippen LogP contribution < -0.4 is 0 Å². The van der Waals surface area contributed by atoms with E-state index in [4.69, 9.17) is 9.84 Å². The highest BCUT2D eigenvalue weighted by Crippen LogP contribution is 2.15. The summed E-state index contributed by atoms with van der Waals surface area (Å²) in [6, 6.07) is 0. The molecular weight excluding hydrogens is 194 g/mol. The first-order valence-electron chi connectivity index (χ1n) is 5.20. The lowest BCUT2D eigenvalue weighted by atomic mass is 10.1. The summed E-state index contributed by atoms with van der Waals surface area (Å²) in [6.07, 6.45) is -0.172. The maximum Gasteiger partial charge on any atom is 0.306 e. The van der Waals surface area contributed by atoms with Gasteiger partial charge < -0.3 is 14.3 Å². The van der Waals surface area contributed by atoms with Gasteiger partial charge in [-0.15, -0.1) is 0 Å². The Morgan fingerprint density at radius 3 is 2.07 bits per heavy atom. The van der Waals surface area contributed by atoms with E-state index >= 15 is 0 Å². The van der Waals surface area contributed by atoms with Crippen molar-refractivity contribution in [3.63, 3.8) is 0 Å². The van der Waals surface area contributed by atoms with E-state index < -0.39 is 5.97 Å². The van der Waals surface area contributed by atoms with Gasteiger partial charge in [-0.1, -0.05) is 0 Å². The Hall–Kier alpha value is -0.610. The van der Waals surface area contributed by atoms with Gasteiger partial charge in [-0.05, 0) is 20.8 Å². The minimum Gasteiger partial charge on any atom is -0.481 e. The molecule has 15 heavy (non-hydrogen) atoms. The lowest BCUT2D eigenvalue weighted by Crippen LogP contribution is -2.45. The molecule has 4 nitrogen and oxygen atoms in total. The lowest BCUT2D eigenvalue weighted by Gasteiger charge is -2.32. The summed E-state index contributed by atoms with van der Waals surface area (Å²) < 4.78 is 6.43. The quantitative estimate of drug-likeness (QED) is 0.709. The Morgan fingerprint density at radius 1 is 1.33 bits per heavy atom. The number of aliphatic carboxylic acids is 1. The monoisotopic (exact) mass is 218 g/mol. The summed E-state index contributed by atoms with van der Waals surface area (Å²) >= 11 is 0. The van der Waals surface area contributed by atoms with Crippen molar-refractivity contribution in [1.82, 2.24) is 0 Å². The molecule has 0 radical (unpaired) electrons. The number of hydrogen-bond acceptors (Lipinski definition) is 2. The summed E-state index contributed by atoms with van der Waals surface area (Å²) in [5.74, 6) is -0.808. The van der Waals surface area contributed by atoms with E-state index in [0.29, 0.717) is 11.0 Å². The summed E-state index contributed by atoms with van der Waals surface area (Å²) in [7, 11) is 6.09. The molecule has 0 fully saturated rings. The fourth-order valence-corrected chi connectivity index (χ4v) is 1.45. The second-order valence-corrected chi connectivity index (χ2v) is 5.92. The number of carboxylic acid groups (broad SMARTS) is 1. The van der Waals surface area contributed by atoms with Crippen molar-refractivity contribution < 1.29 is 19.1 Å². The summed E-state index contributed by atoms with van der Waals surface area (Å²) in [5.41, 5.74) is -0.296. The molecule has 0 heterocycles. The molecule has 1 atom stereocenters. The number of quaternary nitrogens is 1. The average Bonchev–Trinajstić information content (AvgIpc) is 1.73.